The molecule has 19 heavy (non-hydrogen) atoms. The first-order valence-electron chi connectivity index (χ1n) is 7.82. The van der Waals surface area contributed by atoms with Crippen molar-refractivity contribution in [3.05, 3.63) is 22.3 Å². The highest BCUT2D eigenvalue weighted by Gasteiger charge is 2.28. The van der Waals surface area contributed by atoms with Crippen molar-refractivity contribution in [1.82, 2.24) is 9.47 Å². The first-order valence-corrected chi connectivity index (χ1v) is 7.82. The van der Waals surface area contributed by atoms with Gasteiger partial charge in [0.1, 0.15) is 0 Å². The van der Waals surface area contributed by atoms with Crippen LogP contribution < -0.4 is 10.6 Å². The van der Waals surface area contributed by atoms with E-state index in [1.54, 1.807) is 21.7 Å². The van der Waals surface area contributed by atoms with Crippen molar-refractivity contribution in [3.8, 4) is 0 Å². The summed E-state index contributed by atoms with van der Waals surface area (Å²) in [4.78, 5) is 2.40. The van der Waals surface area contributed by atoms with Crippen LogP contribution in [0.15, 0.2) is 6.20 Å². The van der Waals surface area contributed by atoms with Gasteiger partial charge in [-0.15, -0.1) is 0 Å². The largest absolute Gasteiger partial charge is 0.346 e. The normalized spacial score (nSPS) is 26.1. The molecule has 1 aromatic rings. The molecular weight excluding hydrogens is 232 g/mol. The third-order valence-electron chi connectivity index (χ3n) is 5.44. The number of likely N-dealkylation sites (N-methyl/N-ethyl adjacent to an activating group) is 1. The first kappa shape index (κ1) is 11.8. The summed E-state index contributed by atoms with van der Waals surface area (Å²) >= 11 is 0. The number of hydrogen-bond acceptors (Lipinski definition) is 1. The van der Waals surface area contributed by atoms with Crippen LogP contribution in [0.1, 0.15) is 50.0 Å². The van der Waals surface area contributed by atoms with E-state index in [0.29, 0.717) is 6.04 Å². The second-order valence-corrected chi connectivity index (χ2v) is 6.79. The zero-order valence-electron chi connectivity index (χ0n) is 12.2. The van der Waals surface area contributed by atoms with E-state index >= 15 is 0 Å². The summed E-state index contributed by atoms with van der Waals surface area (Å²) < 4.78 is 2.57. The zero-order valence-corrected chi connectivity index (χ0v) is 12.2. The van der Waals surface area contributed by atoms with Gasteiger partial charge in [0, 0.05) is 24.1 Å². The third-order valence-corrected chi connectivity index (χ3v) is 5.44. The molecule has 0 N–H and O–H groups in total. The fraction of sp³-hybridized carbons (Fsp3) is 0.647. The Hall–Kier alpha value is -1.02. The summed E-state index contributed by atoms with van der Waals surface area (Å²) in [5, 5.41) is 3.22. The monoisotopic (exact) mass is 256 g/mol. The molecule has 0 aromatic carbocycles. The molecule has 2 heteroatoms. The Morgan fingerprint density at radius 1 is 1.26 bits per heavy atom. The minimum atomic E-state index is 0.690. The van der Waals surface area contributed by atoms with E-state index in [4.69, 9.17) is 0 Å². The standard InChI is InChI=1S/C17H24N2/c1-18(2)14-9-13-7-4-8-15-16(12-5-3-6-12)11-19(10-14)17(13)15/h8,11-12,14H,3-7,9-10H2,1-2H3. The van der Waals surface area contributed by atoms with Crippen molar-refractivity contribution in [1.29, 1.82) is 0 Å². The van der Waals surface area contributed by atoms with Crippen molar-refractivity contribution in [2.75, 3.05) is 14.1 Å². The van der Waals surface area contributed by atoms with Gasteiger partial charge in [-0.25, -0.2) is 0 Å². The van der Waals surface area contributed by atoms with Crippen molar-refractivity contribution in [3.63, 3.8) is 0 Å². The molecule has 102 valence electrons. The van der Waals surface area contributed by atoms with E-state index in [1.807, 2.05) is 0 Å². The second-order valence-electron chi connectivity index (χ2n) is 6.79. The van der Waals surface area contributed by atoms with Gasteiger partial charge in [-0.2, -0.15) is 0 Å². The molecule has 3 aliphatic rings. The van der Waals surface area contributed by atoms with Crippen LogP contribution in [0.3, 0.4) is 0 Å². The van der Waals surface area contributed by atoms with E-state index in [9.17, 15) is 0 Å². The SMILES string of the molecule is CN(C)C1CC2=c3c(c(C4CCC4)cn3C1)=CCC2. The van der Waals surface area contributed by atoms with E-state index in [0.717, 1.165) is 5.92 Å². The Morgan fingerprint density at radius 3 is 2.79 bits per heavy atom. The van der Waals surface area contributed by atoms with Crippen molar-refractivity contribution >= 4 is 11.6 Å². The number of rotatable bonds is 2. The number of aromatic nitrogens is 1. The summed E-state index contributed by atoms with van der Waals surface area (Å²) in [6.45, 7) is 1.18. The Labute approximate surface area is 115 Å². The van der Waals surface area contributed by atoms with Gasteiger partial charge in [-0.1, -0.05) is 12.5 Å². The Bertz CT molecular complexity index is 616. The molecule has 1 saturated carbocycles. The molecule has 1 atom stereocenters. The summed E-state index contributed by atoms with van der Waals surface area (Å²) in [6.07, 6.45) is 13.1. The molecule has 2 aliphatic carbocycles. The lowest BCUT2D eigenvalue weighted by molar-refractivity contribution is 0.257. The smallest absolute Gasteiger partial charge is 0.0473 e. The third kappa shape index (κ3) is 1.73. The highest BCUT2D eigenvalue weighted by molar-refractivity contribution is 5.53. The fourth-order valence-electron chi connectivity index (χ4n) is 4.02. The van der Waals surface area contributed by atoms with Gasteiger partial charge in [-0.05, 0) is 68.5 Å². The fourth-order valence-corrected chi connectivity index (χ4v) is 4.02. The highest BCUT2D eigenvalue weighted by atomic mass is 15.1. The molecule has 1 aromatic heterocycles. The molecule has 0 spiro atoms. The lowest BCUT2D eigenvalue weighted by atomic mass is 9.80. The van der Waals surface area contributed by atoms with Gasteiger partial charge in [0.2, 0.25) is 0 Å². The van der Waals surface area contributed by atoms with Crippen LogP contribution in [-0.4, -0.2) is 29.6 Å². The molecule has 2 nitrogen and oxygen atoms in total. The van der Waals surface area contributed by atoms with Crippen LogP contribution in [0, 0.1) is 0 Å². The van der Waals surface area contributed by atoms with Gasteiger partial charge in [0.25, 0.3) is 0 Å². The van der Waals surface area contributed by atoms with Crippen molar-refractivity contribution in [2.45, 2.75) is 57.0 Å². The average Bonchev–Trinajstić information content (AvgIpc) is 2.68. The maximum absolute atomic E-state index is 2.57. The van der Waals surface area contributed by atoms with Gasteiger partial charge in [0.15, 0.2) is 0 Å². The Kier molecular flexibility index (Phi) is 2.63. The zero-order chi connectivity index (χ0) is 13.0. The lowest BCUT2D eigenvalue weighted by Crippen LogP contribution is -2.45. The lowest BCUT2D eigenvalue weighted by Gasteiger charge is -2.30. The molecule has 1 fully saturated rings. The van der Waals surface area contributed by atoms with Crippen LogP contribution in [-0.2, 0) is 6.54 Å². The molecule has 1 aliphatic heterocycles. The maximum Gasteiger partial charge on any atom is 0.0473 e. The van der Waals surface area contributed by atoms with E-state index in [2.05, 4.69) is 35.8 Å². The van der Waals surface area contributed by atoms with E-state index in [-0.39, 0.29) is 0 Å². The molecular formula is C17H24N2. The summed E-state index contributed by atoms with van der Waals surface area (Å²) in [6, 6.07) is 0.690. The van der Waals surface area contributed by atoms with Crippen LogP contribution in [0.5, 0.6) is 0 Å². The summed E-state index contributed by atoms with van der Waals surface area (Å²) in [5.74, 6) is 0.863. The minimum absolute atomic E-state index is 0.690. The highest BCUT2D eigenvalue weighted by Crippen LogP contribution is 2.35. The molecule has 0 amide bonds. The molecule has 0 bridgehead atoms. The van der Waals surface area contributed by atoms with Gasteiger partial charge in [0.05, 0.1) is 0 Å². The topological polar surface area (TPSA) is 8.17 Å². The average molecular weight is 256 g/mol. The van der Waals surface area contributed by atoms with Crippen molar-refractivity contribution < 1.29 is 0 Å². The Morgan fingerprint density at radius 2 is 2.11 bits per heavy atom. The van der Waals surface area contributed by atoms with E-state index in [1.165, 1.54) is 45.1 Å². The summed E-state index contributed by atoms with van der Waals surface area (Å²) in [7, 11) is 4.45. The van der Waals surface area contributed by atoms with Crippen molar-refractivity contribution in [2.24, 2.45) is 0 Å². The molecule has 1 unspecified atom stereocenters. The molecule has 0 radical (unpaired) electrons. The predicted octanol–water partition coefficient (Wildman–Crippen LogP) is 1.81. The first-order chi connectivity index (χ1) is 9.24. The number of hydrogen-bond donors (Lipinski definition) is 0. The summed E-state index contributed by atoms with van der Waals surface area (Å²) in [5.41, 5.74) is 3.38. The van der Waals surface area contributed by atoms with Crippen LogP contribution in [0.4, 0.5) is 0 Å². The van der Waals surface area contributed by atoms with E-state index < -0.39 is 0 Å². The predicted molar refractivity (Wildman–Crippen MR) is 79.5 cm³/mol. The van der Waals surface area contributed by atoms with Crippen LogP contribution >= 0.6 is 0 Å². The quantitative estimate of drug-likeness (QED) is 0.783. The maximum atomic E-state index is 2.57. The van der Waals surface area contributed by atoms with Gasteiger partial charge >= 0.3 is 0 Å². The number of nitrogens with zero attached hydrogens (tertiary/aromatic N) is 2. The minimum Gasteiger partial charge on any atom is -0.346 e. The van der Waals surface area contributed by atoms with Crippen LogP contribution in [0.25, 0.3) is 11.6 Å². The van der Waals surface area contributed by atoms with Gasteiger partial charge in [-0.3, -0.25) is 0 Å². The molecule has 2 heterocycles. The molecule has 4 rings (SSSR count). The van der Waals surface area contributed by atoms with Crippen LogP contribution in [0.2, 0.25) is 0 Å². The molecule has 0 saturated heterocycles. The van der Waals surface area contributed by atoms with Gasteiger partial charge < -0.3 is 9.47 Å². The Balaban J connectivity index is 1.86. The second kappa shape index (κ2) is 4.24.